The van der Waals surface area contributed by atoms with Gasteiger partial charge < -0.3 is 18.8 Å². The Labute approximate surface area is 168 Å². The molecule has 0 aliphatic carbocycles. The highest BCUT2D eigenvalue weighted by Gasteiger charge is 2.21. The zero-order chi connectivity index (χ0) is 20.8. The monoisotopic (exact) mass is 394 g/mol. The minimum atomic E-state index is -0.698. The SMILES string of the molecule is COc1cccc(CN(C)C(=O)COC(=O)c2nc(-c3ccccc3)oc2C)c1. The Morgan fingerprint density at radius 2 is 1.86 bits per heavy atom. The second-order valence-corrected chi connectivity index (χ2v) is 6.47. The number of ether oxygens (including phenoxy) is 2. The fraction of sp³-hybridized carbons (Fsp3) is 0.227. The van der Waals surface area contributed by atoms with Crippen molar-refractivity contribution < 1.29 is 23.5 Å². The zero-order valence-corrected chi connectivity index (χ0v) is 16.5. The third kappa shape index (κ3) is 5.01. The van der Waals surface area contributed by atoms with Gasteiger partial charge in [-0.1, -0.05) is 30.3 Å². The third-order valence-electron chi connectivity index (χ3n) is 4.32. The van der Waals surface area contributed by atoms with Crippen molar-refractivity contribution in [3.63, 3.8) is 0 Å². The van der Waals surface area contributed by atoms with Crippen LogP contribution in [0.4, 0.5) is 0 Å². The van der Waals surface area contributed by atoms with Crippen molar-refractivity contribution >= 4 is 11.9 Å². The molecule has 0 bridgehead atoms. The minimum Gasteiger partial charge on any atom is -0.497 e. The molecule has 0 unspecified atom stereocenters. The number of esters is 1. The first-order valence-corrected chi connectivity index (χ1v) is 9.05. The molecule has 0 fully saturated rings. The molecule has 0 N–H and O–H groups in total. The molecule has 1 heterocycles. The molecule has 2 aromatic carbocycles. The van der Waals surface area contributed by atoms with E-state index in [4.69, 9.17) is 13.9 Å². The van der Waals surface area contributed by atoms with Crippen LogP contribution in [0.2, 0.25) is 0 Å². The van der Waals surface area contributed by atoms with E-state index in [1.165, 1.54) is 4.90 Å². The Morgan fingerprint density at radius 1 is 1.10 bits per heavy atom. The van der Waals surface area contributed by atoms with Crippen LogP contribution in [0.5, 0.6) is 5.75 Å². The average molecular weight is 394 g/mol. The van der Waals surface area contributed by atoms with Crippen LogP contribution < -0.4 is 4.74 Å². The molecule has 7 heteroatoms. The summed E-state index contributed by atoms with van der Waals surface area (Å²) in [6.07, 6.45) is 0. The minimum absolute atomic E-state index is 0.0621. The van der Waals surface area contributed by atoms with Gasteiger partial charge in [-0.15, -0.1) is 0 Å². The van der Waals surface area contributed by atoms with Gasteiger partial charge in [-0.2, -0.15) is 0 Å². The Morgan fingerprint density at radius 3 is 2.59 bits per heavy atom. The van der Waals surface area contributed by atoms with Gasteiger partial charge in [0.05, 0.1) is 7.11 Å². The van der Waals surface area contributed by atoms with Gasteiger partial charge in [0.15, 0.2) is 12.3 Å². The quantitative estimate of drug-likeness (QED) is 0.571. The van der Waals surface area contributed by atoms with Gasteiger partial charge in [-0.25, -0.2) is 9.78 Å². The van der Waals surface area contributed by atoms with Gasteiger partial charge in [0.25, 0.3) is 5.91 Å². The standard InChI is InChI=1S/C22H22N2O5/c1-15-20(23-21(29-15)17-9-5-4-6-10-17)22(26)28-14-19(25)24(2)13-16-8-7-11-18(12-16)27-3/h4-12H,13-14H2,1-3H3. The van der Waals surface area contributed by atoms with E-state index in [0.29, 0.717) is 23.9 Å². The predicted molar refractivity (Wildman–Crippen MR) is 106 cm³/mol. The lowest BCUT2D eigenvalue weighted by molar-refractivity contribution is -0.133. The van der Waals surface area contributed by atoms with Crippen LogP contribution >= 0.6 is 0 Å². The maximum atomic E-state index is 12.3. The largest absolute Gasteiger partial charge is 0.497 e. The number of oxazole rings is 1. The Balaban J connectivity index is 1.58. The van der Waals surface area contributed by atoms with E-state index in [-0.39, 0.29) is 18.2 Å². The van der Waals surface area contributed by atoms with Crippen LogP contribution in [0, 0.1) is 6.92 Å². The van der Waals surface area contributed by atoms with Crippen molar-refractivity contribution in [2.24, 2.45) is 0 Å². The Kier molecular flexibility index (Phi) is 6.29. The van der Waals surface area contributed by atoms with Crippen LogP contribution in [-0.2, 0) is 16.1 Å². The summed E-state index contributed by atoms with van der Waals surface area (Å²) < 4.78 is 15.9. The maximum Gasteiger partial charge on any atom is 0.361 e. The number of hydrogen-bond donors (Lipinski definition) is 0. The van der Waals surface area contributed by atoms with Gasteiger partial charge in [-0.05, 0) is 36.8 Å². The molecule has 0 radical (unpaired) electrons. The number of nitrogens with zero attached hydrogens (tertiary/aromatic N) is 2. The Hall–Kier alpha value is -3.61. The normalized spacial score (nSPS) is 10.4. The maximum absolute atomic E-state index is 12.3. The lowest BCUT2D eigenvalue weighted by Crippen LogP contribution is -2.31. The van der Waals surface area contributed by atoms with E-state index < -0.39 is 5.97 Å². The second kappa shape index (κ2) is 9.05. The van der Waals surface area contributed by atoms with Crippen molar-refractivity contribution in [3.8, 4) is 17.2 Å². The molecule has 7 nitrogen and oxygen atoms in total. The topological polar surface area (TPSA) is 81.9 Å². The summed E-state index contributed by atoms with van der Waals surface area (Å²) in [5.74, 6) is 0.357. The van der Waals surface area contributed by atoms with Crippen molar-refractivity contribution in [2.75, 3.05) is 20.8 Å². The van der Waals surface area contributed by atoms with Crippen molar-refractivity contribution in [1.29, 1.82) is 0 Å². The van der Waals surface area contributed by atoms with Crippen LogP contribution in [-0.4, -0.2) is 42.5 Å². The van der Waals surface area contributed by atoms with Gasteiger partial charge in [0.1, 0.15) is 11.5 Å². The molecule has 0 saturated heterocycles. The van der Waals surface area contributed by atoms with Crippen molar-refractivity contribution in [1.82, 2.24) is 9.88 Å². The highest BCUT2D eigenvalue weighted by molar-refractivity contribution is 5.90. The van der Waals surface area contributed by atoms with Crippen LogP contribution in [0.15, 0.2) is 59.0 Å². The van der Waals surface area contributed by atoms with E-state index >= 15 is 0 Å². The molecule has 3 rings (SSSR count). The molecule has 1 amide bonds. The van der Waals surface area contributed by atoms with Gasteiger partial charge in [0, 0.05) is 19.2 Å². The summed E-state index contributed by atoms with van der Waals surface area (Å²) in [4.78, 5) is 30.4. The number of methoxy groups -OCH3 is 1. The number of aryl methyl sites for hydroxylation is 1. The smallest absolute Gasteiger partial charge is 0.361 e. The van der Waals surface area contributed by atoms with Gasteiger partial charge in [0.2, 0.25) is 5.89 Å². The number of likely N-dealkylation sites (N-methyl/N-ethyl adjacent to an activating group) is 1. The molecule has 0 aliphatic rings. The molecule has 0 atom stereocenters. The highest BCUT2D eigenvalue weighted by atomic mass is 16.5. The number of benzene rings is 2. The second-order valence-electron chi connectivity index (χ2n) is 6.47. The summed E-state index contributed by atoms with van der Waals surface area (Å²) in [6.45, 7) is 1.62. The van der Waals surface area contributed by atoms with E-state index in [1.54, 1.807) is 21.1 Å². The average Bonchev–Trinajstić information content (AvgIpc) is 3.14. The lowest BCUT2D eigenvalue weighted by atomic mass is 10.2. The molecular weight excluding hydrogens is 372 g/mol. The van der Waals surface area contributed by atoms with Gasteiger partial charge in [-0.3, -0.25) is 4.79 Å². The fourth-order valence-electron chi connectivity index (χ4n) is 2.73. The van der Waals surface area contributed by atoms with Crippen LogP contribution in [0.25, 0.3) is 11.5 Å². The number of carbonyl (C=O) groups excluding carboxylic acids is 2. The first-order chi connectivity index (χ1) is 14.0. The number of rotatable bonds is 7. The highest BCUT2D eigenvalue weighted by Crippen LogP contribution is 2.22. The zero-order valence-electron chi connectivity index (χ0n) is 16.5. The number of amides is 1. The summed E-state index contributed by atoms with van der Waals surface area (Å²) in [5.41, 5.74) is 1.72. The molecule has 0 saturated carbocycles. The third-order valence-corrected chi connectivity index (χ3v) is 4.32. The van der Waals surface area contributed by atoms with Crippen molar-refractivity contribution in [2.45, 2.75) is 13.5 Å². The molecule has 0 aliphatic heterocycles. The molecular formula is C22H22N2O5. The van der Waals surface area contributed by atoms with E-state index in [1.807, 2.05) is 54.6 Å². The van der Waals surface area contributed by atoms with E-state index in [2.05, 4.69) is 4.98 Å². The van der Waals surface area contributed by atoms with Crippen LogP contribution in [0.3, 0.4) is 0 Å². The summed E-state index contributed by atoms with van der Waals surface area (Å²) in [7, 11) is 3.23. The van der Waals surface area contributed by atoms with Gasteiger partial charge >= 0.3 is 5.97 Å². The summed E-state index contributed by atoms with van der Waals surface area (Å²) >= 11 is 0. The fourth-order valence-corrected chi connectivity index (χ4v) is 2.73. The summed E-state index contributed by atoms with van der Waals surface area (Å²) in [5, 5.41) is 0. The number of hydrogen-bond acceptors (Lipinski definition) is 6. The number of aromatic nitrogens is 1. The van der Waals surface area contributed by atoms with E-state index in [9.17, 15) is 9.59 Å². The molecule has 150 valence electrons. The molecule has 29 heavy (non-hydrogen) atoms. The predicted octanol–water partition coefficient (Wildman–Crippen LogP) is 3.47. The van der Waals surface area contributed by atoms with Crippen molar-refractivity contribution in [3.05, 3.63) is 71.6 Å². The Bertz CT molecular complexity index is 997. The summed E-state index contributed by atoms with van der Waals surface area (Å²) in [6, 6.07) is 16.7. The van der Waals surface area contributed by atoms with E-state index in [0.717, 1.165) is 11.1 Å². The molecule has 1 aromatic heterocycles. The first kappa shape index (κ1) is 20.1. The first-order valence-electron chi connectivity index (χ1n) is 9.05. The lowest BCUT2D eigenvalue weighted by Gasteiger charge is -2.17. The van der Waals surface area contributed by atoms with Crippen LogP contribution in [0.1, 0.15) is 21.8 Å². The molecule has 0 spiro atoms. The number of carbonyl (C=O) groups is 2. The molecule has 3 aromatic rings.